The quantitative estimate of drug-likeness (QED) is 0.527. The number of hydrogen-bond donors (Lipinski definition) is 0. The molecule has 0 N–H and O–H groups in total. The summed E-state index contributed by atoms with van der Waals surface area (Å²) in [5, 5.41) is 0. The second-order valence-electron chi connectivity index (χ2n) is 10.8. The average molecular weight is 503 g/mol. The summed E-state index contributed by atoms with van der Waals surface area (Å²) in [5.41, 5.74) is 1.39. The summed E-state index contributed by atoms with van der Waals surface area (Å²) in [6, 6.07) is 19.0. The van der Waals surface area contributed by atoms with Gasteiger partial charge in [-0.3, -0.25) is 19.3 Å². The molecule has 2 aliphatic heterocycles. The number of likely N-dealkylation sites (tertiary alicyclic amines) is 1. The van der Waals surface area contributed by atoms with Gasteiger partial charge in [-0.25, -0.2) is 0 Å². The van der Waals surface area contributed by atoms with Crippen LogP contribution in [0, 0.1) is 23.7 Å². The van der Waals surface area contributed by atoms with Crippen LogP contribution in [0.3, 0.4) is 0 Å². The summed E-state index contributed by atoms with van der Waals surface area (Å²) < 4.78 is 5.42. The van der Waals surface area contributed by atoms with Crippen LogP contribution in [0.15, 0.2) is 60.7 Å². The first-order valence-corrected chi connectivity index (χ1v) is 13.9. The highest BCUT2D eigenvalue weighted by atomic mass is 16.5. The number of amides is 1. The highest BCUT2D eigenvalue weighted by molar-refractivity contribution is 6.01. The predicted molar refractivity (Wildman–Crippen MR) is 142 cm³/mol. The third-order valence-electron chi connectivity index (χ3n) is 8.55. The number of piperidine rings is 1. The molecule has 0 aromatic heterocycles. The van der Waals surface area contributed by atoms with E-state index >= 15 is 0 Å². The van der Waals surface area contributed by atoms with E-state index < -0.39 is 0 Å². The van der Waals surface area contributed by atoms with E-state index in [9.17, 15) is 14.4 Å². The Labute approximate surface area is 220 Å². The average Bonchev–Trinajstić information content (AvgIpc) is 2.97. The number of carbonyl (C=O) groups is 3. The van der Waals surface area contributed by atoms with E-state index in [-0.39, 0.29) is 41.8 Å². The molecule has 196 valence electrons. The summed E-state index contributed by atoms with van der Waals surface area (Å²) in [5.74, 6) is -0.0345. The number of carbonyl (C=O) groups excluding carboxylic acids is 3. The lowest BCUT2D eigenvalue weighted by Gasteiger charge is -2.47. The molecule has 3 fully saturated rings. The van der Waals surface area contributed by atoms with Crippen molar-refractivity contribution < 1.29 is 19.1 Å². The van der Waals surface area contributed by atoms with Crippen molar-refractivity contribution in [2.75, 3.05) is 45.9 Å². The Bertz CT molecular complexity index is 1000. The summed E-state index contributed by atoms with van der Waals surface area (Å²) in [7, 11) is 0. The first-order valence-electron chi connectivity index (χ1n) is 13.9. The minimum atomic E-state index is -0.311. The van der Waals surface area contributed by atoms with Crippen LogP contribution in [0.5, 0.6) is 0 Å². The van der Waals surface area contributed by atoms with Crippen LogP contribution in [0.2, 0.25) is 0 Å². The lowest BCUT2D eigenvalue weighted by molar-refractivity contribution is -0.137. The molecule has 6 nitrogen and oxygen atoms in total. The smallest absolute Gasteiger partial charge is 0.236 e. The summed E-state index contributed by atoms with van der Waals surface area (Å²) in [6.45, 7) is 3.56. The molecule has 2 heterocycles. The van der Waals surface area contributed by atoms with Crippen molar-refractivity contribution in [3.8, 4) is 0 Å². The fraction of sp³-hybridized carbons (Fsp3) is 0.516. The number of ether oxygens (including phenoxy) is 1. The molecule has 2 atom stereocenters. The topological polar surface area (TPSA) is 66.9 Å². The van der Waals surface area contributed by atoms with Crippen molar-refractivity contribution in [1.29, 1.82) is 0 Å². The van der Waals surface area contributed by atoms with Gasteiger partial charge in [0.25, 0.3) is 0 Å². The van der Waals surface area contributed by atoms with E-state index in [0.29, 0.717) is 56.4 Å². The van der Waals surface area contributed by atoms with Crippen LogP contribution >= 0.6 is 0 Å². The van der Waals surface area contributed by atoms with Crippen molar-refractivity contribution in [2.45, 2.75) is 32.1 Å². The SMILES string of the molecule is O=C(c1ccccc1)[C@H]1CN(CC(=O)N2CCOCC2)C[C@H](C(=O)c2ccccc2)C1C1CCCCC1. The van der Waals surface area contributed by atoms with E-state index in [1.165, 1.54) is 6.42 Å². The third kappa shape index (κ3) is 6.02. The van der Waals surface area contributed by atoms with Gasteiger partial charge in [0.1, 0.15) is 0 Å². The first-order chi connectivity index (χ1) is 18.1. The Morgan fingerprint density at radius 2 is 1.24 bits per heavy atom. The monoisotopic (exact) mass is 502 g/mol. The minimum absolute atomic E-state index is 0.0181. The van der Waals surface area contributed by atoms with E-state index in [4.69, 9.17) is 4.74 Å². The largest absolute Gasteiger partial charge is 0.378 e. The minimum Gasteiger partial charge on any atom is -0.378 e. The van der Waals surface area contributed by atoms with Crippen LogP contribution in [0.1, 0.15) is 52.8 Å². The number of morpholine rings is 1. The van der Waals surface area contributed by atoms with Crippen molar-refractivity contribution in [3.63, 3.8) is 0 Å². The molecule has 0 unspecified atom stereocenters. The van der Waals surface area contributed by atoms with Gasteiger partial charge < -0.3 is 9.64 Å². The third-order valence-corrected chi connectivity index (χ3v) is 8.55. The highest BCUT2D eigenvalue weighted by Crippen LogP contribution is 2.43. The Balaban J connectivity index is 1.48. The molecular formula is C31H38N2O4. The fourth-order valence-electron chi connectivity index (χ4n) is 6.71. The molecule has 37 heavy (non-hydrogen) atoms. The number of nitrogens with zero attached hydrogens (tertiary/aromatic N) is 2. The van der Waals surface area contributed by atoms with E-state index in [2.05, 4.69) is 4.90 Å². The number of benzene rings is 2. The standard InChI is InChI=1S/C31H38N2O4/c34-28(33-16-18-37-19-17-33)22-32-20-26(30(35)24-12-6-2-7-13-24)29(23-10-4-1-5-11-23)27(21-32)31(36)25-14-8-3-9-15-25/h2-3,6-9,12-15,23,26-27,29H,1,4-5,10-11,16-22H2/t26-,27-/m0/s1. The Kier molecular flexibility index (Phi) is 8.47. The van der Waals surface area contributed by atoms with E-state index in [0.717, 1.165) is 25.7 Å². The zero-order valence-corrected chi connectivity index (χ0v) is 21.6. The van der Waals surface area contributed by atoms with Gasteiger partial charge in [0.05, 0.1) is 19.8 Å². The number of ketones is 2. The molecule has 6 heteroatoms. The molecule has 0 radical (unpaired) electrons. The van der Waals surface area contributed by atoms with Crippen LogP contribution in [-0.2, 0) is 9.53 Å². The zero-order valence-electron chi connectivity index (χ0n) is 21.6. The van der Waals surface area contributed by atoms with E-state index in [1.54, 1.807) is 0 Å². The predicted octanol–water partition coefficient (Wildman–Crippen LogP) is 4.36. The molecule has 0 bridgehead atoms. The van der Waals surface area contributed by atoms with Crippen LogP contribution in [0.25, 0.3) is 0 Å². The van der Waals surface area contributed by atoms with Crippen molar-refractivity contribution in [3.05, 3.63) is 71.8 Å². The molecule has 2 aromatic carbocycles. The Morgan fingerprint density at radius 1 is 0.730 bits per heavy atom. The van der Waals surface area contributed by atoms with Gasteiger partial charge in [-0.2, -0.15) is 0 Å². The lowest BCUT2D eigenvalue weighted by atomic mass is 9.63. The van der Waals surface area contributed by atoms with Crippen molar-refractivity contribution in [1.82, 2.24) is 9.80 Å². The van der Waals surface area contributed by atoms with Gasteiger partial charge in [-0.15, -0.1) is 0 Å². The second kappa shape index (κ2) is 12.1. The maximum atomic E-state index is 14.0. The van der Waals surface area contributed by atoms with Gasteiger partial charge in [-0.1, -0.05) is 92.8 Å². The van der Waals surface area contributed by atoms with Gasteiger partial charge >= 0.3 is 0 Å². The maximum absolute atomic E-state index is 14.0. The second-order valence-corrected chi connectivity index (χ2v) is 10.8. The summed E-state index contributed by atoms with van der Waals surface area (Å²) >= 11 is 0. The molecule has 2 aromatic rings. The van der Waals surface area contributed by atoms with E-state index in [1.807, 2.05) is 65.6 Å². The number of hydrogen-bond acceptors (Lipinski definition) is 5. The molecule has 3 aliphatic rings. The molecule has 2 saturated heterocycles. The highest BCUT2D eigenvalue weighted by Gasteiger charge is 2.47. The van der Waals surface area contributed by atoms with Gasteiger partial charge in [0.2, 0.25) is 5.91 Å². The molecule has 0 spiro atoms. The van der Waals surface area contributed by atoms with Crippen LogP contribution in [-0.4, -0.2) is 73.2 Å². The maximum Gasteiger partial charge on any atom is 0.236 e. The number of rotatable bonds is 7. The summed E-state index contributed by atoms with van der Waals surface area (Å²) in [6.07, 6.45) is 5.65. The van der Waals surface area contributed by atoms with Crippen LogP contribution < -0.4 is 0 Å². The lowest BCUT2D eigenvalue weighted by Crippen LogP contribution is -2.56. The van der Waals surface area contributed by atoms with Gasteiger partial charge in [0.15, 0.2) is 11.6 Å². The van der Waals surface area contributed by atoms with Crippen molar-refractivity contribution in [2.24, 2.45) is 23.7 Å². The Hall–Kier alpha value is -2.83. The van der Waals surface area contributed by atoms with Crippen LogP contribution in [0.4, 0.5) is 0 Å². The van der Waals surface area contributed by atoms with Gasteiger partial charge in [-0.05, 0) is 11.8 Å². The molecular weight excluding hydrogens is 464 g/mol. The zero-order chi connectivity index (χ0) is 25.6. The molecule has 1 saturated carbocycles. The molecule has 5 rings (SSSR count). The Morgan fingerprint density at radius 3 is 1.76 bits per heavy atom. The fourth-order valence-corrected chi connectivity index (χ4v) is 6.71. The van der Waals surface area contributed by atoms with Crippen molar-refractivity contribution >= 4 is 17.5 Å². The number of Topliss-reactive ketones (excluding diaryl/α,β-unsaturated/α-hetero) is 2. The van der Waals surface area contributed by atoms with Gasteiger partial charge in [0, 0.05) is 49.1 Å². The molecule has 1 aliphatic carbocycles. The normalized spacial score (nSPS) is 24.1. The molecule has 1 amide bonds. The summed E-state index contributed by atoms with van der Waals surface area (Å²) in [4.78, 5) is 45.2. The first kappa shape index (κ1) is 25.8.